The van der Waals surface area contributed by atoms with E-state index >= 15 is 0 Å². The van der Waals surface area contributed by atoms with Crippen molar-refractivity contribution in [3.63, 3.8) is 0 Å². The molecule has 6 heteroatoms. The van der Waals surface area contributed by atoms with Crippen molar-refractivity contribution in [1.82, 2.24) is 9.97 Å². The third kappa shape index (κ3) is 3.70. The van der Waals surface area contributed by atoms with Gasteiger partial charge in [0, 0.05) is 16.1 Å². The Bertz CT molecular complexity index is 1090. The Hall–Kier alpha value is -2.76. The van der Waals surface area contributed by atoms with Crippen LogP contribution in [0, 0.1) is 0 Å². The van der Waals surface area contributed by atoms with Crippen LogP contribution in [0.1, 0.15) is 10.4 Å². The molecule has 0 saturated heterocycles. The molecule has 4 aromatic rings. The first-order valence-corrected chi connectivity index (χ1v) is 9.94. The van der Waals surface area contributed by atoms with E-state index in [1.54, 1.807) is 23.9 Å². The van der Waals surface area contributed by atoms with Gasteiger partial charge < -0.3 is 10.3 Å². The van der Waals surface area contributed by atoms with Gasteiger partial charge in [0.25, 0.3) is 5.91 Å². The van der Waals surface area contributed by atoms with E-state index in [1.807, 2.05) is 60.9 Å². The van der Waals surface area contributed by atoms with Crippen LogP contribution in [0.5, 0.6) is 0 Å². The van der Waals surface area contributed by atoms with E-state index in [0.29, 0.717) is 16.3 Å². The number of carbonyl (C=O) groups excluding carboxylic acids is 1. The van der Waals surface area contributed by atoms with Crippen molar-refractivity contribution in [1.29, 1.82) is 0 Å². The molecule has 4 nitrogen and oxygen atoms in total. The Kier molecular flexibility index (Phi) is 4.88. The summed E-state index contributed by atoms with van der Waals surface area (Å²) in [4.78, 5) is 21.4. The summed E-state index contributed by atoms with van der Waals surface area (Å²) in [7, 11) is 0. The van der Waals surface area contributed by atoms with Crippen molar-refractivity contribution < 1.29 is 4.79 Å². The summed E-state index contributed by atoms with van der Waals surface area (Å²) in [6.07, 6.45) is 1.96. The second kappa shape index (κ2) is 7.47. The SMILES string of the molecule is CSc1ccc(Cl)c(C(=O)Nc2ccc(-c3nc4ccccc4[nH]3)cc2)c1. The zero-order chi connectivity index (χ0) is 18.8. The van der Waals surface area contributed by atoms with Gasteiger partial charge >= 0.3 is 0 Å². The highest BCUT2D eigenvalue weighted by Crippen LogP contribution is 2.25. The average Bonchev–Trinajstić information content (AvgIpc) is 3.13. The topological polar surface area (TPSA) is 57.8 Å². The lowest BCUT2D eigenvalue weighted by atomic mass is 10.1. The van der Waals surface area contributed by atoms with Gasteiger partial charge in [-0.3, -0.25) is 4.79 Å². The van der Waals surface area contributed by atoms with Crippen LogP contribution in [0.25, 0.3) is 22.4 Å². The van der Waals surface area contributed by atoms with Gasteiger partial charge in [0.1, 0.15) is 5.82 Å². The van der Waals surface area contributed by atoms with Crippen LogP contribution in [0.4, 0.5) is 5.69 Å². The molecule has 0 atom stereocenters. The minimum Gasteiger partial charge on any atom is -0.338 e. The predicted molar refractivity (Wildman–Crippen MR) is 113 cm³/mol. The van der Waals surface area contributed by atoms with Gasteiger partial charge in [-0.2, -0.15) is 0 Å². The monoisotopic (exact) mass is 393 g/mol. The number of benzene rings is 3. The smallest absolute Gasteiger partial charge is 0.257 e. The second-order valence-corrected chi connectivity index (χ2v) is 7.27. The predicted octanol–water partition coefficient (Wildman–Crippen LogP) is 5.86. The lowest BCUT2D eigenvalue weighted by Gasteiger charge is -2.08. The first-order valence-electron chi connectivity index (χ1n) is 8.34. The van der Waals surface area contributed by atoms with Crippen LogP contribution in [-0.2, 0) is 0 Å². The Balaban J connectivity index is 1.55. The maximum absolute atomic E-state index is 12.6. The Morgan fingerprint density at radius 2 is 1.85 bits per heavy atom. The number of nitrogens with zero attached hydrogens (tertiary/aromatic N) is 1. The van der Waals surface area contributed by atoms with Gasteiger partial charge in [0.15, 0.2) is 0 Å². The number of hydrogen-bond donors (Lipinski definition) is 2. The molecule has 0 saturated carbocycles. The number of amides is 1. The molecule has 0 fully saturated rings. The fraction of sp³-hybridized carbons (Fsp3) is 0.0476. The van der Waals surface area contributed by atoms with Crippen molar-refractivity contribution in [2.24, 2.45) is 0 Å². The Morgan fingerprint density at radius 3 is 2.59 bits per heavy atom. The van der Waals surface area contributed by atoms with E-state index < -0.39 is 0 Å². The number of anilines is 1. The summed E-state index contributed by atoms with van der Waals surface area (Å²) in [5, 5.41) is 3.33. The highest BCUT2D eigenvalue weighted by atomic mass is 35.5. The number of fused-ring (bicyclic) bond motifs is 1. The highest BCUT2D eigenvalue weighted by molar-refractivity contribution is 7.98. The van der Waals surface area contributed by atoms with Gasteiger partial charge in [-0.05, 0) is 60.9 Å². The molecule has 0 aliphatic rings. The minimum absolute atomic E-state index is 0.229. The van der Waals surface area contributed by atoms with Gasteiger partial charge in [-0.15, -0.1) is 11.8 Å². The number of halogens is 1. The molecule has 0 radical (unpaired) electrons. The molecule has 2 N–H and O–H groups in total. The number of carbonyl (C=O) groups is 1. The third-order valence-corrected chi connectivity index (χ3v) is 5.28. The number of para-hydroxylation sites is 2. The largest absolute Gasteiger partial charge is 0.338 e. The number of hydrogen-bond acceptors (Lipinski definition) is 3. The molecule has 3 aromatic carbocycles. The normalized spacial score (nSPS) is 10.9. The van der Waals surface area contributed by atoms with Crippen LogP contribution < -0.4 is 5.32 Å². The van der Waals surface area contributed by atoms with Crippen molar-refractivity contribution >= 4 is 46.0 Å². The van der Waals surface area contributed by atoms with Crippen molar-refractivity contribution in [2.45, 2.75) is 4.90 Å². The summed E-state index contributed by atoms with van der Waals surface area (Å²) in [6, 6.07) is 20.9. The van der Waals surface area contributed by atoms with Crippen LogP contribution >= 0.6 is 23.4 Å². The summed E-state index contributed by atoms with van der Waals surface area (Å²) in [6.45, 7) is 0. The number of rotatable bonds is 4. The molecule has 1 heterocycles. The number of nitrogens with one attached hydrogen (secondary N) is 2. The average molecular weight is 394 g/mol. The number of imidazole rings is 1. The first kappa shape index (κ1) is 17.6. The van der Waals surface area contributed by atoms with E-state index in [2.05, 4.69) is 15.3 Å². The fourth-order valence-electron chi connectivity index (χ4n) is 2.80. The fourth-order valence-corrected chi connectivity index (χ4v) is 3.45. The quantitative estimate of drug-likeness (QED) is 0.427. The Morgan fingerprint density at radius 1 is 1.07 bits per heavy atom. The molecule has 0 bridgehead atoms. The number of aromatic amines is 1. The van der Waals surface area contributed by atoms with Crippen LogP contribution in [0.15, 0.2) is 71.6 Å². The van der Waals surface area contributed by atoms with Crippen molar-refractivity contribution in [2.75, 3.05) is 11.6 Å². The van der Waals surface area contributed by atoms with Gasteiger partial charge in [-0.1, -0.05) is 23.7 Å². The maximum atomic E-state index is 12.6. The molecule has 0 spiro atoms. The molecule has 1 amide bonds. The lowest BCUT2D eigenvalue weighted by Crippen LogP contribution is -2.12. The van der Waals surface area contributed by atoms with Crippen LogP contribution in [0.2, 0.25) is 5.02 Å². The van der Waals surface area contributed by atoms with E-state index in [0.717, 1.165) is 27.3 Å². The van der Waals surface area contributed by atoms with E-state index in [9.17, 15) is 4.79 Å². The van der Waals surface area contributed by atoms with Gasteiger partial charge in [-0.25, -0.2) is 4.98 Å². The molecule has 4 rings (SSSR count). The van der Waals surface area contributed by atoms with Crippen LogP contribution in [0.3, 0.4) is 0 Å². The Labute approximate surface area is 166 Å². The standard InChI is InChI=1S/C21H16ClN3OS/c1-27-15-10-11-17(22)16(12-15)21(26)23-14-8-6-13(7-9-14)20-24-18-4-2-3-5-19(18)25-20/h2-12H,1H3,(H,23,26)(H,24,25). The van der Waals surface area contributed by atoms with Crippen molar-refractivity contribution in [3.05, 3.63) is 77.3 Å². The molecule has 0 aliphatic carbocycles. The lowest BCUT2D eigenvalue weighted by molar-refractivity contribution is 0.102. The highest BCUT2D eigenvalue weighted by Gasteiger charge is 2.12. The van der Waals surface area contributed by atoms with E-state index in [1.165, 1.54) is 0 Å². The molecular weight excluding hydrogens is 378 g/mol. The maximum Gasteiger partial charge on any atom is 0.257 e. The summed E-state index contributed by atoms with van der Waals surface area (Å²) < 4.78 is 0. The zero-order valence-electron chi connectivity index (χ0n) is 14.5. The van der Waals surface area contributed by atoms with Crippen molar-refractivity contribution in [3.8, 4) is 11.4 Å². The second-order valence-electron chi connectivity index (χ2n) is 5.98. The number of thioether (sulfide) groups is 1. The summed E-state index contributed by atoms with van der Waals surface area (Å²) >= 11 is 7.74. The van der Waals surface area contributed by atoms with Crippen LogP contribution in [-0.4, -0.2) is 22.1 Å². The number of H-pyrrole nitrogens is 1. The molecular formula is C21H16ClN3OS. The first-order chi connectivity index (χ1) is 13.1. The van der Waals surface area contributed by atoms with Gasteiger partial charge in [0.05, 0.1) is 21.6 Å². The van der Waals surface area contributed by atoms with E-state index in [4.69, 9.17) is 11.6 Å². The molecule has 1 aromatic heterocycles. The molecule has 27 heavy (non-hydrogen) atoms. The minimum atomic E-state index is -0.229. The zero-order valence-corrected chi connectivity index (χ0v) is 16.1. The third-order valence-electron chi connectivity index (χ3n) is 4.22. The molecule has 134 valence electrons. The van der Waals surface area contributed by atoms with E-state index in [-0.39, 0.29) is 5.91 Å². The number of aromatic nitrogens is 2. The summed E-state index contributed by atoms with van der Waals surface area (Å²) in [5.41, 5.74) is 4.03. The molecule has 0 unspecified atom stereocenters. The summed E-state index contributed by atoms with van der Waals surface area (Å²) in [5.74, 6) is 0.567. The van der Waals surface area contributed by atoms with Gasteiger partial charge in [0.2, 0.25) is 0 Å². The molecule has 0 aliphatic heterocycles.